The summed E-state index contributed by atoms with van der Waals surface area (Å²) < 4.78 is 59.1. The van der Waals surface area contributed by atoms with Gasteiger partial charge in [-0.2, -0.15) is 17.0 Å². The first-order valence-electron chi connectivity index (χ1n) is 12.5. The largest absolute Gasteiger partial charge is 0.381 e. The van der Waals surface area contributed by atoms with Crippen LogP contribution in [0.15, 0.2) is 24.8 Å². The Balaban J connectivity index is 1.31. The van der Waals surface area contributed by atoms with Gasteiger partial charge in [0.05, 0.1) is 30.5 Å². The number of nitrogens with zero attached hydrogens (tertiary/aromatic N) is 8. The molecule has 0 atom stereocenters. The van der Waals surface area contributed by atoms with Gasteiger partial charge in [0.2, 0.25) is 0 Å². The van der Waals surface area contributed by atoms with Crippen molar-refractivity contribution in [2.24, 2.45) is 0 Å². The predicted octanol–water partition coefficient (Wildman–Crippen LogP) is 0.630. The summed E-state index contributed by atoms with van der Waals surface area (Å²) >= 11 is 0. The van der Waals surface area contributed by atoms with Gasteiger partial charge in [-0.3, -0.25) is 9.78 Å². The number of hydrogen-bond acceptors (Lipinski definition) is 9. The van der Waals surface area contributed by atoms with Gasteiger partial charge in [-0.05, 0) is 33.0 Å². The van der Waals surface area contributed by atoms with Crippen LogP contribution in [0.25, 0.3) is 5.65 Å². The molecule has 2 aliphatic heterocycles. The number of carbonyl (C=O) groups excluding carboxylic acids is 1. The van der Waals surface area contributed by atoms with Crippen LogP contribution in [-0.4, -0.2) is 107 Å². The van der Waals surface area contributed by atoms with Crippen molar-refractivity contribution in [3.05, 3.63) is 42.0 Å². The average Bonchev–Trinajstić information content (AvgIpc) is 3.23. The molecule has 2 fully saturated rings. The van der Waals surface area contributed by atoms with Crippen LogP contribution < -0.4 is 16.0 Å². The third-order valence-electron chi connectivity index (χ3n) is 7.26. The predicted molar refractivity (Wildman–Crippen MR) is 140 cm³/mol. The highest BCUT2D eigenvalue weighted by atomic mass is 32.2. The number of likely N-dealkylation sites (tertiary alicyclic amines) is 1. The Morgan fingerprint density at radius 2 is 1.79 bits per heavy atom. The summed E-state index contributed by atoms with van der Waals surface area (Å²) in [4.78, 5) is 24.7. The molecule has 3 aromatic heterocycles. The van der Waals surface area contributed by atoms with Crippen LogP contribution in [0, 0.1) is 11.6 Å². The molecule has 3 aromatic rings. The van der Waals surface area contributed by atoms with Crippen LogP contribution in [0.5, 0.6) is 0 Å². The van der Waals surface area contributed by atoms with Gasteiger partial charge < -0.3 is 20.9 Å². The fraction of sp³-hybridized carbons (Fsp3) is 0.478. The van der Waals surface area contributed by atoms with Crippen molar-refractivity contribution < 1.29 is 22.0 Å². The summed E-state index contributed by atoms with van der Waals surface area (Å²) in [6.07, 6.45) is 5.80. The fourth-order valence-corrected chi connectivity index (χ4v) is 6.62. The van der Waals surface area contributed by atoms with Crippen molar-refractivity contribution in [1.82, 2.24) is 33.1 Å². The fourth-order valence-electron chi connectivity index (χ4n) is 5.04. The third-order valence-corrected chi connectivity index (χ3v) is 9.31. The highest BCUT2D eigenvalue weighted by Crippen LogP contribution is 2.31. The minimum atomic E-state index is -3.69. The molecular weight excluding hydrogens is 534 g/mol. The Morgan fingerprint density at radius 3 is 2.49 bits per heavy atom. The lowest BCUT2D eigenvalue weighted by molar-refractivity contribution is 0.102. The Hall–Kier alpha value is -3.47. The zero-order valence-corrected chi connectivity index (χ0v) is 22.4. The Labute approximate surface area is 224 Å². The van der Waals surface area contributed by atoms with Crippen LogP contribution in [0.3, 0.4) is 0 Å². The summed E-state index contributed by atoms with van der Waals surface area (Å²) in [7, 11) is -0.0615. The minimum absolute atomic E-state index is 0.0323. The maximum Gasteiger partial charge on any atom is 0.282 e. The second kappa shape index (κ2) is 10.6. The molecule has 210 valence electrons. The van der Waals surface area contributed by atoms with E-state index in [1.165, 1.54) is 14.8 Å². The Bertz CT molecular complexity index is 1480. The molecule has 0 aromatic carbocycles. The molecule has 0 saturated carbocycles. The topological polar surface area (TPSA) is 145 Å². The Kier molecular flexibility index (Phi) is 7.37. The van der Waals surface area contributed by atoms with Gasteiger partial charge in [0.15, 0.2) is 23.1 Å². The first-order chi connectivity index (χ1) is 18.6. The lowest BCUT2D eigenvalue weighted by Gasteiger charge is -2.40. The van der Waals surface area contributed by atoms with Gasteiger partial charge in [0.25, 0.3) is 16.1 Å². The van der Waals surface area contributed by atoms with Gasteiger partial charge in [-0.25, -0.2) is 18.3 Å². The number of halogens is 2. The molecule has 5 heterocycles. The van der Waals surface area contributed by atoms with Gasteiger partial charge in [0, 0.05) is 39.3 Å². The van der Waals surface area contributed by atoms with E-state index in [1.54, 1.807) is 11.9 Å². The molecule has 39 heavy (non-hydrogen) atoms. The maximum atomic E-state index is 15.0. The van der Waals surface area contributed by atoms with Crippen molar-refractivity contribution in [2.75, 3.05) is 69.3 Å². The standard InChI is InChI=1S/C23H30F2N10O3S/c1-31-5-3-16(4-6-31)32(2)39(37,38)34-9-7-33(8-10-34)20-17(25)12-27-13-18(20)29-23(36)19-21(26)30-35-14-15(24)11-28-22(19)35/h11-14,16H,3-10H2,1-2H3,(H2,26,30)(H,29,36). The molecule has 1 amide bonds. The van der Waals surface area contributed by atoms with E-state index in [-0.39, 0.29) is 60.6 Å². The monoisotopic (exact) mass is 564 g/mol. The molecular formula is C23H30F2N10O3S. The second-order valence-electron chi connectivity index (χ2n) is 9.72. The molecule has 0 spiro atoms. The van der Waals surface area contributed by atoms with Gasteiger partial charge >= 0.3 is 0 Å². The lowest BCUT2D eigenvalue weighted by atomic mass is 10.1. The van der Waals surface area contributed by atoms with Gasteiger partial charge in [-0.15, -0.1) is 5.10 Å². The number of rotatable bonds is 6. The van der Waals surface area contributed by atoms with Crippen LogP contribution in [0.1, 0.15) is 23.2 Å². The number of pyridine rings is 1. The first kappa shape index (κ1) is 27.1. The summed E-state index contributed by atoms with van der Waals surface area (Å²) in [5, 5.41) is 6.52. The number of piperazine rings is 1. The molecule has 2 saturated heterocycles. The van der Waals surface area contributed by atoms with E-state index in [0.29, 0.717) is 0 Å². The zero-order chi connectivity index (χ0) is 27.9. The molecule has 0 bridgehead atoms. The summed E-state index contributed by atoms with van der Waals surface area (Å²) in [5.74, 6) is -2.24. The molecule has 3 N–H and O–H groups in total. The number of nitrogens with two attached hydrogens (primary N) is 1. The number of piperidine rings is 1. The third kappa shape index (κ3) is 5.24. The number of carbonyl (C=O) groups is 1. The number of anilines is 3. The zero-order valence-electron chi connectivity index (χ0n) is 21.6. The summed E-state index contributed by atoms with van der Waals surface area (Å²) in [6, 6.07) is -0.0676. The Morgan fingerprint density at radius 1 is 1.10 bits per heavy atom. The number of hydrogen-bond donors (Lipinski definition) is 2. The highest BCUT2D eigenvalue weighted by molar-refractivity contribution is 7.86. The number of nitrogens with one attached hydrogen (secondary N) is 1. The molecule has 0 unspecified atom stereocenters. The van der Waals surface area contributed by atoms with Crippen LogP contribution >= 0.6 is 0 Å². The normalized spacial score (nSPS) is 18.2. The van der Waals surface area contributed by atoms with E-state index in [0.717, 1.165) is 49.0 Å². The maximum absolute atomic E-state index is 15.0. The van der Waals surface area contributed by atoms with E-state index in [1.807, 2.05) is 7.05 Å². The molecule has 5 rings (SSSR count). The number of amides is 1. The smallest absolute Gasteiger partial charge is 0.282 e. The van der Waals surface area contributed by atoms with E-state index < -0.39 is 27.8 Å². The molecule has 0 radical (unpaired) electrons. The SMILES string of the molecule is CN1CCC(N(C)S(=O)(=O)N2CCN(c3c(F)cncc3NC(=O)c3c(N)nn4cc(F)cnc34)CC2)CC1. The summed E-state index contributed by atoms with van der Waals surface area (Å²) in [6.45, 7) is 2.35. The van der Waals surface area contributed by atoms with Gasteiger partial charge in [-0.1, -0.05) is 0 Å². The van der Waals surface area contributed by atoms with E-state index >= 15 is 4.39 Å². The van der Waals surface area contributed by atoms with Crippen LogP contribution in [0.2, 0.25) is 0 Å². The minimum Gasteiger partial charge on any atom is -0.381 e. The molecule has 2 aliphatic rings. The average molecular weight is 565 g/mol. The quantitative estimate of drug-likeness (QED) is 0.440. The van der Waals surface area contributed by atoms with Crippen LogP contribution in [-0.2, 0) is 10.2 Å². The van der Waals surface area contributed by atoms with Crippen LogP contribution in [0.4, 0.5) is 26.0 Å². The lowest BCUT2D eigenvalue weighted by Crippen LogP contribution is -2.55. The molecule has 0 aliphatic carbocycles. The number of fused-ring (bicyclic) bond motifs is 1. The van der Waals surface area contributed by atoms with Crippen molar-refractivity contribution in [2.45, 2.75) is 18.9 Å². The van der Waals surface area contributed by atoms with Crippen molar-refractivity contribution in [1.29, 1.82) is 0 Å². The second-order valence-corrected chi connectivity index (χ2v) is 11.7. The number of nitrogen functional groups attached to an aromatic ring is 1. The highest BCUT2D eigenvalue weighted by Gasteiger charge is 2.36. The molecule has 13 nitrogen and oxygen atoms in total. The van der Waals surface area contributed by atoms with Crippen molar-refractivity contribution in [3.8, 4) is 0 Å². The van der Waals surface area contributed by atoms with Crippen molar-refractivity contribution in [3.63, 3.8) is 0 Å². The molecule has 16 heteroatoms. The first-order valence-corrected chi connectivity index (χ1v) is 13.9. The van der Waals surface area contributed by atoms with E-state index in [2.05, 4.69) is 25.3 Å². The van der Waals surface area contributed by atoms with Gasteiger partial charge in [0.1, 0.15) is 11.3 Å². The summed E-state index contributed by atoms with van der Waals surface area (Å²) in [5.41, 5.74) is 5.97. The number of aromatic nitrogens is 4. The van der Waals surface area contributed by atoms with Crippen molar-refractivity contribution >= 4 is 39.0 Å². The van der Waals surface area contributed by atoms with E-state index in [9.17, 15) is 17.6 Å². The van der Waals surface area contributed by atoms with E-state index in [4.69, 9.17) is 5.73 Å².